The maximum absolute atomic E-state index is 4.35. The molecule has 22 heavy (non-hydrogen) atoms. The van der Waals surface area contributed by atoms with Gasteiger partial charge in [-0.15, -0.1) is 5.11 Å². The molecule has 0 spiro atoms. The normalized spacial score (nSPS) is 18.5. The molecule has 1 fully saturated rings. The first kappa shape index (κ1) is 13.3. The molecule has 0 radical (unpaired) electrons. The average Bonchev–Trinajstić information content (AvgIpc) is 3.06. The molecule has 4 rings (SSSR count). The maximum Gasteiger partial charge on any atom is 0.153 e. The monoisotopic (exact) mass is 290 g/mol. The number of nitrogens with zero attached hydrogens (tertiary/aromatic N) is 4. The third-order valence-electron chi connectivity index (χ3n) is 4.34. The van der Waals surface area contributed by atoms with E-state index in [9.17, 15) is 0 Å². The Balaban J connectivity index is 1.58. The van der Waals surface area contributed by atoms with Gasteiger partial charge in [-0.25, -0.2) is 4.99 Å². The topological polar surface area (TPSA) is 40.3 Å². The van der Waals surface area contributed by atoms with Crippen LogP contribution in [0, 0.1) is 5.92 Å². The first-order valence-electron chi connectivity index (χ1n) is 7.67. The molecule has 0 aliphatic carbocycles. The Bertz CT molecular complexity index is 648. The number of likely N-dealkylation sites (tertiary alicyclic amines) is 1. The minimum absolute atomic E-state index is 0.303. The summed E-state index contributed by atoms with van der Waals surface area (Å²) in [4.78, 5) is 6.85. The quantitative estimate of drug-likeness (QED) is 0.849. The SMILES string of the molecule is c1ccc(C(c2ccccc2)N2CC(C3=NCN=N3)C2)cc1. The summed E-state index contributed by atoms with van der Waals surface area (Å²) in [5.74, 6) is 1.36. The van der Waals surface area contributed by atoms with E-state index in [2.05, 4.69) is 80.8 Å². The molecule has 4 heteroatoms. The van der Waals surface area contributed by atoms with Crippen LogP contribution in [-0.4, -0.2) is 30.5 Å². The lowest BCUT2D eigenvalue weighted by Crippen LogP contribution is -2.51. The van der Waals surface area contributed by atoms with Gasteiger partial charge in [0.2, 0.25) is 0 Å². The predicted octanol–water partition coefficient (Wildman–Crippen LogP) is 3.53. The Morgan fingerprint density at radius 3 is 1.95 bits per heavy atom. The van der Waals surface area contributed by atoms with Crippen LogP contribution in [-0.2, 0) is 0 Å². The highest BCUT2D eigenvalue weighted by atomic mass is 15.3. The van der Waals surface area contributed by atoms with E-state index in [1.54, 1.807) is 0 Å². The van der Waals surface area contributed by atoms with Crippen LogP contribution >= 0.6 is 0 Å². The lowest BCUT2D eigenvalue weighted by molar-refractivity contribution is 0.105. The molecule has 0 aromatic heterocycles. The summed E-state index contributed by atoms with van der Waals surface area (Å²) < 4.78 is 0. The molecule has 0 saturated carbocycles. The molecule has 0 amide bonds. The molecule has 0 atom stereocenters. The van der Waals surface area contributed by atoms with E-state index < -0.39 is 0 Å². The zero-order valence-corrected chi connectivity index (χ0v) is 12.3. The van der Waals surface area contributed by atoms with E-state index >= 15 is 0 Å². The maximum atomic E-state index is 4.35. The molecule has 0 N–H and O–H groups in total. The van der Waals surface area contributed by atoms with Gasteiger partial charge in [0.25, 0.3) is 0 Å². The number of rotatable bonds is 4. The summed E-state index contributed by atoms with van der Waals surface area (Å²) in [6.07, 6.45) is 0. The van der Waals surface area contributed by atoms with Gasteiger partial charge in [0, 0.05) is 19.0 Å². The van der Waals surface area contributed by atoms with Crippen LogP contribution in [0.1, 0.15) is 17.2 Å². The summed E-state index contributed by atoms with van der Waals surface area (Å²) in [6.45, 7) is 2.49. The van der Waals surface area contributed by atoms with Gasteiger partial charge in [0.1, 0.15) is 0 Å². The van der Waals surface area contributed by atoms with Gasteiger partial charge in [-0.3, -0.25) is 4.90 Å². The minimum Gasteiger partial charge on any atom is -0.291 e. The minimum atomic E-state index is 0.303. The molecular weight excluding hydrogens is 272 g/mol. The second-order valence-electron chi connectivity index (χ2n) is 5.77. The summed E-state index contributed by atoms with van der Waals surface area (Å²) in [6, 6.07) is 21.7. The third kappa shape index (κ3) is 2.46. The molecule has 2 aliphatic rings. The van der Waals surface area contributed by atoms with Crippen LogP contribution in [0.15, 0.2) is 75.9 Å². The fourth-order valence-corrected chi connectivity index (χ4v) is 3.22. The molecule has 2 aliphatic heterocycles. The van der Waals surface area contributed by atoms with Crippen LogP contribution in [0.3, 0.4) is 0 Å². The highest BCUT2D eigenvalue weighted by Crippen LogP contribution is 2.35. The number of azo groups is 1. The standard InChI is InChI=1S/C18H18N4/c1-3-7-14(8-4-1)17(15-9-5-2-6-10-15)22-11-16(12-22)18-19-13-20-21-18/h1-10,16-17H,11-13H2. The van der Waals surface area contributed by atoms with E-state index in [4.69, 9.17) is 0 Å². The van der Waals surface area contributed by atoms with E-state index in [1.807, 2.05) is 0 Å². The van der Waals surface area contributed by atoms with Crippen molar-refractivity contribution in [3.8, 4) is 0 Å². The molecule has 2 aromatic rings. The van der Waals surface area contributed by atoms with Crippen molar-refractivity contribution in [2.45, 2.75) is 6.04 Å². The summed E-state index contributed by atoms with van der Waals surface area (Å²) in [5, 5.41) is 8.10. The molecule has 2 heterocycles. The highest BCUT2D eigenvalue weighted by Gasteiger charge is 2.37. The van der Waals surface area contributed by atoms with Gasteiger partial charge in [-0.1, -0.05) is 60.7 Å². The molecule has 110 valence electrons. The first-order valence-corrected chi connectivity index (χ1v) is 7.67. The summed E-state index contributed by atoms with van der Waals surface area (Å²) >= 11 is 0. The Morgan fingerprint density at radius 2 is 1.45 bits per heavy atom. The van der Waals surface area contributed by atoms with E-state index in [0.29, 0.717) is 18.6 Å². The van der Waals surface area contributed by atoms with Crippen molar-refractivity contribution in [3.63, 3.8) is 0 Å². The number of aliphatic imine (C=N–C) groups is 1. The van der Waals surface area contributed by atoms with Gasteiger partial charge < -0.3 is 0 Å². The van der Waals surface area contributed by atoms with Crippen LogP contribution in [0.5, 0.6) is 0 Å². The predicted molar refractivity (Wildman–Crippen MR) is 86.9 cm³/mol. The fourth-order valence-electron chi connectivity index (χ4n) is 3.22. The van der Waals surface area contributed by atoms with Crippen molar-refractivity contribution in [3.05, 3.63) is 71.8 Å². The van der Waals surface area contributed by atoms with Crippen LogP contribution in [0.2, 0.25) is 0 Å². The van der Waals surface area contributed by atoms with Gasteiger partial charge in [-0.2, -0.15) is 5.11 Å². The Kier molecular flexibility index (Phi) is 3.52. The zero-order valence-electron chi connectivity index (χ0n) is 12.3. The molecule has 2 aromatic carbocycles. The molecule has 0 unspecified atom stereocenters. The van der Waals surface area contributed by atoms with E-state index in [-0.39, 0.29) is 0 Å². The Morgan fingerprint density at radius 1 is 0.864 bits per heavy atom. The van der Waals surface area contributed by atoms with Crippen molar-refractivity contribution < 1.29 is 0 Å². The summed E-state index contributed by atoms with van der Waals surface area (Å²) in [7, 11) is 0. The van der Waals surface area contributed by atoms with E-state index in [1.165, 1.54) is 11.1 Å². The highest BCUT2D eigenvalue weighted by molar-refractivity contribution is 5.87. The average molecular weight is 290 g/mol. The number of hydrogen-bond donors (Lipinski definition) is 0. The fraction of sp³-hybridized carbons (Fsp3) is 0.278. The molecule has 0 bridgehead atoms. The van der Waals surface area contributed by atoms with Gasteiger partial charge in [0.15, 0.2) is 12.5 Å². The number of benzene rings is 2. The van der Waals surface area contributed by atoms with Crippen molar-refractivity contribution in [1.82, 2.24) is 4.90 Å². The van der Waals surface area contributed by atoms with Crippen LogP contribution < -0.4 is 0 Å². The molecule has 4 nitrogen and oxygen atoms in total. The van der Waals surface area contributed by atoms with Gasteiger partial charge in [-0.05, 0) is 11.1 Å². The number of amidine groups is 1. The lowest BCUT2D eigenvalue weighted by atomic mass is 9.90. The van der Waals surface area contributed by atoms with Crippen LogP contribution in [0.25, 0.3) is 0 Å². The van der Waals surface area contributed by atoms with Gasteiger partial charge >= 0.3 is 0 Å². The van der Waals surface area contributed by atoms with Crippen molar-refractivity contribution >= 4 is 5.84 Å². The Hall–Kier alpha value is -2.33. The second kappa shape index (κ2) is 5.81. The van der Waals surface area contributed by atoms with E-state index in [0.717, 1.165) is 18.9 Å². The first-order chi connectivity index (χ1) is 10.9. The van der Waals surface area contributed by atoms with Crippen LogP contribution in [0.4, 0.5) is 0 Å². The van der Waals surface area contributed by atoms with Crippen molar-refractivity contribution in [2.75, 3.05) is 19.8 Å². The van der Waals surface area contributed by atoms with Crippen molar-refractivity contribution in [1.29, 1.82) is 0 Å². The Labute approximate surface area is 130 Å². The van der Waals surface area contributed by atoms with Gasteiger partial charge in [0.05, 0.1) is 6.04 Å². The largest absolute Gasteiger partial charge is 0.291 e. The smallest absolute Gasteiger partial charge is 0.153 e. The molecule has 1 saturated heterocycles. The zero-order chi connectivity index (χ0) is 14.8. The summed E-state index contributed by atoms with van der Waals surface area (Å²) in [5.41, 5.74) is 2.67. The van der Waals surface area contributed by atoms with Crippen molar-refractivity contribution in [2.24, 2.45) is 21.1 Å². The second-order valence-corrected chi connectivity index (χ2v) is 5.77. The third-order valence-corrected chi connectivity index (χ3v) is 4.34. The lowest BCUT2D eigenvalue weighted by Gasteiger charge is -2.44. The molecular formula is C18H18N4. The number of hydrogen-bond acceptors (Lipinski definition) is 4.